The predicted molar refractivity (Wildman–Crippen MR) is 58.9 cm³/mol. The van der Waals surface area contributed by atoms with Crippen molar-refractivity contribution >= 4 is 11.9 Å². The number of hydrogen-bond donors (Lipinski definition) is 0. The van der Waals surface area contributed by atoms with Gasteiger partial charge in [-0.25, -0.2) is 4.39 Å². The first-order chi connectivity index (χ1) is 7.34. The second-order valence-corrected chi connectivity index (χ2v) is 3.06. The van der Waals surface area contributed by atoms with Gasteiger partial charge in [-0.15, -0.1) is 0 Å². The van der Waals surface area contributed by atoms with E-state index >= 15 is 0 Å². The molecular formula is C13H9FN. The van der Waals surface area contributed by atoms with Crippen LogP contribution in [0.2, 0.25) is 0 Å². The summed E-state index contributed by atoms with van der Waals surface area (Å²) in [5.41, 5.74) is 1.63. The lowest BCUT2D eigenvalue weighted by Gasteiger charge is -1.93. The number of rotatable bonds is 2. The first-order valence-corrected chi connectivity index (χ1v) is 4.61. The minimum atomic E-state index is -0.238. The van der Waals surface area contributed by atoms with Gasteiger partial charge in [-0.05, 0) is 23.8 Å². The molecule has 0 aliphatic heterocycles. The third-order valence-electron chi connectivity index (χ3n) is 1.92. The Balaban J connectivity index is 2.15. The fraction of sp³-hybridized carbons (Fsp3) is 0. The summed E-state index contributed by atoms with van der Waals surface area (Å²) < 4.78 is 12.6. The van der Waals surface area contributed by atoms with Crippen LogP contribution in [-0.4, -0.2) is 6.21 Å². The van der Waals surface area contributed by atoms with Crippen LogP contribution in [0.4, 0.5) is 10.1 Å². The lowest BCUT2D eigenvalue weighted by Crippen LogP contribution is -1.80. The van der Waals surface area contributed by atoms with E-state index in [0.29, 0.717) is 0 Å². The van der Waals surface area contributed by atoms with Crippen molar-refractivity contribution in [2.24, 2.45) is 4.99 Å². The molecule has 15 heavy (non-hydrogen) atoms. The summed E-state index contributed by atoms with van der Waals surface area (Å²) in [4.78, 5) is 4.20. The van der Waals surface area contributed by atoms with Gasteiger partial charge in [0, 0.05) is 12.3 Å². The van der Waals surface area contributed by atoms with Crippen LogP contribution in [0.1, 0.15) is 5.56 Å². The smallest absolute Gasteiger partial charge is 0.123 e. The number of halogens is 1. The summed E-state index contributed by atoms with van der Waals surface area (Å²) >= 11 is 0. The number of para-hydroxylation sites is 1. The van der Waals surface area contributed by atoms with Crippen LogP contribution in [0.5, 0.6) is 0 Å². The van der Waals surface area contributed by atoms with E-state index in [0.717, 1.165) is 11.3 Å². The van der Waals surface area contributed by atoms with E-state index in [-0.39, 0.29) is 5.82 Å². The summed E-state index contributed by atoms with van der Waals surface area (Å²) in [6.07, 6.45) is 1.69. The van der Waals surface area contributed by atoms with Crippen molar-refractivity contribution in [3.63, 3.8) is 0 Å². The SMILES string of the molecule is Fc1ccc(C=Nc2[c]cccc2)cc1. The molecule has 73 valence electrons. The van der Waals surface area contributed by atoms with Crippen LogP contribution in [0.15, 0.2) is 53.5 Å². The van der Waals surface area contributed by atoms with Crippen LogP contribution >= 0.6 is 0 Å². The maximum atomic E-state index is 12.6. The van der Waals surface area contributed by atoms with Gasteiger partial charge in [0.05, 0.1) is 5.69 Å². The van der Waals surface area contributed by atoms with Crippen LogP contribution in [-0.2, 0) is 0 Å². The molecule has 2 rings (SSSR count). The molecule has 0 aromatic heterocycles. The predicted octanol–water partition coefficient (Wildman–Crippen LogP) is 3.38. The first-order valence-electron chi connectivity index (χ1n) is 4.61. The Labute approximate surface area is 87.9 Å². The Kier molecular flexibility index (Phi) is 2.88. The molecule has 2 aromatic carbocycles. The summed E-state index contributed by atoms with van der Waals surface area (Å²) in [5.74, 6) is -0.238. The molecule has 0 saturated carbocycles. The molecule has 1 radical (unpaired) electrons. The average molecular weight is 198 g/mol. The zero-order valence-corrected chi connectivity index (χ0v) is 8.02. The minimum absolute atomic E-state index is 0.238. The summed E-state index contributed by atoms with van der Waals surface area (Å²) in [7, 11) is 0. The van der Waals surface area contributed by atoms with Crippen molar-refractivity contribution in [3.8, 4) is 0 Å². The quantitative estimate of drug-likeness (QED) is 0.656. The van der Waals surface area contributed by atoms with E-state index < -0.39 is 0 Å². The zero-order valence-electron chi connectivity index (χ0n) is 8.02. The van der Waals surface area contributed by atoms with Crippen molar-refractivity contribution in [3.05, 3.63) is 66.0 Å². The zero-order chi connectivity index (χ0) is 10.5. The third-order valence-corrected chi connectivity index (χ3v) is 1.92. The Bertz CT molecular complexity index is 446. The van der Waals surface area contributed by atoms with Gasteiger partial charge in [-0.3, -0.25) is 4.99 Å². The monoisotopic (exact) mass is 198 g/mol. The van der Waals surface area contributed by atoms with Crippen LogP contribution in [0.25, 0.3) is 0 Å². The molecule has 0 aliphatic rings. The Morgan fingerprint density at radius 2 is 1.87 bits per heavy atom. The molecule has 0 heterocycles. The van der Waals surface area contributed by atoms with Gasteiger partial charge in [0.15, 0.2) is 0 Å². The van der Waals surface area contributed by atoms with Crippen LogP contribution < -0.4 is 0 Å². The Hall–Kier alpha value is -1.96. The second-order valence-electron chi connectivity index (χ2n) is 3.06. The molecule has 0 amide bonds. The molecule has 0 N–H and O–H groups in total. The van der Waals surface area contributed by atoms with Gasteiger partial charge in [-0.2, -0.15) is 0 Å². The van der Waals surface area contributed by atoms with Crippen molar-refractivity contribution in [1.29, 1.82) is 0 Å². The molecule has 0 atom stereocenters. The number of benzene rings is 2. The highest BCUT2D eigenvalue weighted by Crippen LogP contribution is 2.09. The first kappa shape index (κ1) is 9.59. The van der Waals surface area contributed by atoms with Crippen molar-refractivity contribution in [1.82, 2.24) is 0 Å². The fourth-order valence-corrected chi connectivity index (χ4v) is 1.16. The topological polar surface area (TPSA) is 12.4 Å². The van der Waals surface area contributed by atoms with E-state index in [1.807, 2.05) is 18.2 Å². The van der Waals surface area contributed by atoms with E-state index in [2.05, 4.69) is 11.1 Å². The molecule has 0 spiro atoms. The molecule has 0 unspecified atom stereocenters. The van der Waals surface area contributed by atoms with Gasteiger partial charge < -0.3 is 0 Å². The molecule has 0 fully saturated rings. The number of nitrogens with zero attached hydrogens (tertiary/aromatic N) is 1. The standard InChI is InChI=1S/C13H9FN/c14-12-8-6-11(7-9-12)10-15-13-4-2-1-3-5-13/h1-4,6-10H. The van der Waals surface area contributed by atoms with E-state index in [9.17, 15) is 4.39 Å². The summed E-state index contributed by atoms with van der Waals surface area (Å²) in [6.45, 7) is 0. The second kappa shape index (κ2) is 4.51. The van der Waals surface area contributed by atoms with E-state index in [1.54, 1.807) is 24.4 Å². The molecule has 1 nitrogen and oxygen atoms in total. The highest BCUT2D eigenvalue weighted by Gasteiger charge is 1.90. The van der Waals surface area contributed by atoms with E-state index in [4.69, 9.17) is 0 Å². The maximum absolute atomic E-state index is 12.6. The molecule has 2 heteroatoms. The molecule has 0 bridgehead atoms. The lowest BCUT2D eigenvalue weighted by atomic mass is 10.2. The highest BCUT2D eigenvalue weighted by molar-refractivity contribution is 5.81. The van der Waals surface area contributed by atoms with Crippen molar-refractivity contribution in [2.75, 3.05) is 0 Å². The minimum Gasteiger partial charge on any atom is -0.256 e. The van der Waals surface area contributed by atoms with Gasteiger partial charge in [0.25, 0.3) is 0 Å². The third kappa shape index (κ3) is 2.74. The molecule has 0 aliphatic carbocycles. The average Bonchev–Trinajstić information content (AvgIpc) is 2.30. The summed E-state index contributed by atoms with van der Waals surface area (Å²) in [6, 6.07) is 16.6. The van der Waals surface area contributed by atoms with Gasteiger partial charge in [0.1, 0.15) is 5.82 Å². The Morgan fingerprint density at radius 1 is 1.07 bits per heavy atom. The largest absolute Gasteiger partial charge is 0.256 e. The lowest BCUT2D eigenvalue weighted by molar-refractivity contribution is 0.628. The van der Waals surface area contributed by atoms with Gasteiger partial charge in [0.2, 0.25) is 0 Å². The maximum Gasteiger partial charge on any atom is 0.123 e. The number of aliphatic imine (C=N–C) groups is 1. The number of hydrogen-bond acceptors (Lipinski definition) is 1. The fourth-order valence-electron chi connectivity index (χ4n) is 1.16. The van der Waals surface area contributed by atoms with Crippen LogP contribution in [0, 0.1) is 11.9 Å². The molecule has 2 aromatic rings. The van der Waals surface area contributed by atoms with Gasteiger partial charge in [-0.1, -0.05) is 30.3 Å². The summed E-state index contributed by atoms with van der Waals surface area (Å²) in [5, 5.41) is 0. The van der Waals surface area contributed by atoms with Crippen LogP contribution in [0.3, 0.4) is 0 Å². The highest BCUT2D eigenvalue weighted by atomic mass is 19.1. The molecule has 0 saturated heterocycles. The van der Waals surface area contributed by atoms with Crippen molar-refractivity contribution in [2.45, 2.75) is 0 Å². The molecular weight excluding hydrogens is 189 g/mol. The van der Waals surface area contributed by atoms with Crippen molar-refractivity contribution < 1.29 is 4.39 Å². The van der Waals surface area contributed by atoms with E-state index in [1.165, 1.54) is 12.1 Å². The van der Waals surface area contributed by atoms with Gasteiger partial charge >= 0.3 is 0 Å². The normalized spacial score (nSPS) is 10.7. The Morgan fingerprint density at radius 3 is 2.53 bits per heavy atom.